The Hall–Kier alpha value is -4.26. The fraction of sp³-hybridized carbons (Fsp3) is 0.333. The van der Waals surface area contributed by atoms with Crippen molar-refractivity contribution >= 4 is 17.9 Å². The molecule has 0 saturated heterocycles. The molecule has 0 radical (unpaired) electrons. The van der Waals surface area contributed by atoms with Crippen molar-refractivity contribution in [3.8, 4) is 0 Å². The Balaban J connectivity index is 1.60. The maximum absolute atomic E-state index is 11.4. The molecule has 0 fully saturated rings. The van der Waals surface area contributed by atoms with Gasteiger partial charge in [0.2, 0.25) is 0 Å². The van der Waals surface area contributed by atoms with Gasteiger partial charge in [0.1, 0.15) is 5.69 Å². The monoisotopic (exact) mass is 532 g/mol. The molecule has 4 rings (SSSR count). The molecule has 3 aromatic heterocycles. The summed E-state index contributed by atoms with van der Waals surface area (Å²) in [5.41, 5.74) is 2.46. The number of aliphatic carboxylic acids is 1. The lowest BCUT2D eigenvalue weighted by Gasteiger charge is -2.31. The number of pyridine rings is 3. The lowest BCUT2D eigenvalue weighted by Crippen LogP contribution is -2.43. The summed E-state index contributed by atoms with van der Waals surface area (Å²) >= 11 is 0. The summed E-state index contributed by atoms with van der Waals surface area (Å²) < 4.78 is 0. The van der Waals surface area contributed by atoms with Crippen molar-refractivity contribution in [3.05, 3.63) is 88.8 Å². The normalized spacial score (nSPS) is 15.7. The van der Waals surface area contributed by atoms with Gasteiger partial charge in [0.05, 0.1) is 40.4 Å². The first-order valence-corrected chi connectivity index (χ1v) is 12.4. The van der Waals surface area contributed by atoms with E-state index < -0.39 is 17.9 Å². The zero-order chi connectivity index (χ0) is 27.8. The van der Waals surface area contributed by atoms with E-state index in [-0.39, 0.29) is 17.9 Å². The Morgan fingerprint density at radius 1 is 0.692 bits per heavy atom. The van der Waals surface area contributed by atoms with Crippen LogP contribution in [-0.2, 0) is 31.0 Å². The molecular weight excluding hydrogens is 504 g/mol. The summed E-state index contributed by atoms with van der Waals surface area (Å²) in [6.45, 7) is 3.21. The second kappa shape index (κ2) is 13.0. The van der Waals surface area contributed by atoms with Crippen LogP contribution >= 0.6 is 0 Å². The molecule has 0 amide bonds. The molecule has 0 atom stereocenters. The Bertz CT molecular complexity index is 1340. The van der Waals surface area contributed by atoms with Gasteiger partial charge < -0.3 is 24.9 Å². The summed E-state index contributed by atoms with van der Waals surface area (Å²) in [7, 11) is 0. The summed E-state index contributed by atoms with van der Waals surface area (Å²) in [6.07, 6.45) is 0. The topological polar surface area (TPSA) is 166 Å². The molecule has 0 saturated carbocycles. The van der Waals surface area contributed by atoms with E-state index in [4.69, 9.17) is 4.98 Å². The Morgan fingerprint density at radius 3 is 1.82 bits per heavy atom. The third-order valence-electron chi connectivity index (χ3n) is 6.27. The van der Waals surface area contributed by atoms with Crippen LogP contribution in [0, 0.1) is 0 Å². The average Bonchev–Trinajstić information content (AvgIpc) is 2.89. The molecule has 1 N–H and O–H groups in total. The molecule has 1 aliphatic heterocycles. The minimum absolute atomic E-state index is 0.0320. The second-order valence-corrected chi connectivity index (χ2v) is 9.31. The highest BCUT2D eigenvalue weighted by atomic mass is 16.4. The van der Waals surface area contributed by atoms with E-state index in [1.54, 1.807) is 29.2 Å². The molecule has 12 nitrogen and oxygen atoms in total. The molecule has 4 heterocycles. The number of nitrogens with zero attached hydrogens (tertiary/aromatic N) is 6. The Morgan fingerprint density at radius 2 is 1.21 bits per heavy atom. The van der Waals surface area contributed by atoms with Crippen LogP contribution in [0.5, 0.6) is 0 Å². The summed E-state index contributed by atoms with van der Waals surface area (Å²) in [6, 6.07) is 15.2. The SMILES string of the molecule is O=C([O-])CN1CCN(Cc2cccc(C(=O)[O-])n2)CCN(Cc2cccc(C(=O)O)n2)Cc2cccc(n2)C1. The molecule has 1 aliphatic rings. The van der Waals surface area contributed by atoms with Crippen molar-refractivity contribution in [2.24, 2.45) is 0 Å². The van der Waals surface area contributed by atoms with Crippen LogP contribution in [0.1, 0.15) is 43.8 Å². The number of carbonyl (C=O) groups excluding carboxylic acids is 2. The number of hydrogen-bond donors (Lipinski definition) is 1. The number of carboxylic acid groups (broad SMARTS) is 3. The zero-order valence-corrected chi connectivity index (χ0v) is 21.2. The number of rotatable bonds is 8. The van der Waals surface area contributed by atoms with Crippen LogP contribution in [-0.4, -0.2) is 85.4 Å². The molecule has 0 aromatic carbocycles. The van der Waals surface area contributed by atoms with Crippen molar-refractivity contribution in [1.29, 1.82) is 0 Å². The van der Waals surface area contributed by atoms with Gasteiger partial charge in [0.25, 0.3) is 0 Å². The van der Waals surface area contributed by atoms with Crippen LogP contribution in [0.2, 0.25) is 0 Å². The number of carbonyl (C=O) groups is 3. The Labute approximate surface area is 225 Å². The van der Waals surface area contributed by atoms with Crippen molar-refractivity contribution in [2.75, 3.05) is 32.7 Å². The van der Waals surface area contributed by atoms with E-state index in [1.807, 2.05) is 18.2 Å². The number of carboxylic acids is 3. The third-order valence-corrected chi connectivity index (χ3v) is 6.27. The number of fused-ring (bicyclic) bond motifs is 2. The van der Waals surface area contributed by atoms with Gasteiger partial charge in [-0.2, -0.15) is 0 Å². The highest BCUT2D eigenvalue weighted by Crippen LogP contribution is 2.13. The highest BCUT2D eigenvalue weighted by molar-refractivity contribution is 5.85. The average molecular weight is 533 g/mol. The molecule has 0 unspecified atom stereocenters. The van der Waals surface area contributed by atoms with Crippen LogP contribution in [0.4, 0.5) is 0 Å². The number of hydrogen-bond acceptors (Lipinski definition) is 11. The number of aromatic carboxylic acids is 2. The predicted octanol–water partition coefficient (Wildman–Crippen LogP) is -0.997. The van der Waals surface area contributed by atoms with E-state index in [1.165, 1.54) is 12.1 Å². The van der Waals surface area contributed by atoms with Crippen molar-refractivity contribution < 1.29 is 29.7 Å². The van der Waals surface area contributed by atoms with Crippen LogP contribution in [0.15, 0.2) is 54.6 Å². The fourth-order valence-corrected chi connectivity index (χ4v) is 4.44. The van der Waals surface area contributed by atoms with Gasteiger partial charge in [0, 0.05) is 58.9 Å². The van der Waals surface area contributed by atoms with Crippen molar-refractivity contribution in [1.82, 2.24) is 29.7 Å². The van der Waals surface area contributed by atoms with Gasteiger partial charge in [-0.05, 0) is 36.4 Å². The van der Waals surface area contributed by atoms with E-state index in [2.05, 4.69) is 19.8 Å². The van der Waals surface area contributed by atoms with E-state index >= 15 is 0 Å². The summed E-state index contributed by atoms with van der Waals surface area (Å²) in [4.78, 5) is 53.2. The lowest BCUT2D eigenvalue weighted by molar-refractivity contribution is -0.306. The van der Waals surface area contributed by atoms with Gasteiger partial charge in [0.15, 0.2) is 0 Å². The molecule has 39 heavy (non-hydrogen) atoms. The van der Waals surface area contributed by atoms with Gasteiger partial charge in [-0.3, -0.25) is 24.7 Å². The largest absolute Gasteiger partial charge is 0.549 e. The van der Waals surface area contributed by atoms with Gasteiger partial charge >= 0.3 is 5.97 Å². The summed E-state index contributed by atoms with van der Waals surface area (Å²) in [5, 5.41) is 32.0. The molecule has 204 valence electrons. The quantitative estimate of drug-likeness (QED) is 0.377. The minimum Gasteiger partial charge on any atom is -0.549 e. The lowest BCUT2D eigenvalue weighted by atomic mass is 10.2. The molecule has 0 aliphatic carbocycles. The molecular formula is C27H28N6O6-2. The van der Waals surface area contributed by atoms with Gasteiger partial charge in [-0.15, -0.1) is 0 Å². The summed E-state index contributed by atoms with van der Waals surface area (Å²) in [5.74, 6) is -3.64. The molecule has 12 heteroatoms. The first-order valence-electron chi connectivity index (χ1n) is 12.4. The molecule has 3 aromatic rings. The smallest absolute Gasteiger partial charge is 0.354 e. The standard InChI is InChI=1S/C27H30N6O6/c34-25(35)18-33-13-11-31(14-21-6-2-8-23(29-21)26(36)37)10-12-32(15-19-4-1-5-20(16-33)28-19)17-22-7-3-9-24(30-22)27(38)39/h1-9H,10-18H2,(H,34,35)(H,36,37)(H,38,39)/p-2. The van der Waals surface area contributed by atoms with Crippen LogP contribution in [0.3, 0.4) is 0 Å². The van der Waals surface area contributed by atoms with Crippen LogP contribution < -0.4 is 10.2 Å². The van der Waals surface area contributed by atoms with Crippen molar-refractivity contribution in [3.63, 3.8) is 0 Å². The van der Waals surface area contributed by atoms with E-state index in [0.29, 0.717) is 63.7 Å². The number of aromatic nitrogens is 3. The van der Waals surface area contributed by atoms with E-state index in [0.717, 1.165) is 11.4 Å². The first-order chi connectivity index (χ1) is 18.7. The van der Waals surface area contributed by atoms with E-state index in [9.17, 15) is 29.7 Å². The highest BCUT2D eigenvalue weighted by Gasteiger charge is 2.18. The predicted molar refractivity (Wildman–Crippen MR) is 134 cm³/mol. The maximum Gasteiger partial charge on any atom is 0.354 e. The third kappa shape index (κ3) is 8.37. The maximum atomic E-state index is 11.4. The van der Waals surface area contributed by atoms with Gasteiger partial charge in [-0.1, -0.05) is 18.2 Å². The fourth-order valence-electron chi connectivity index (χ4n) is 4.44. The van der Waals surface area contributed by atoms with Gasteiger partial charge in [-0.25, -0.2) is 9.78 Å². The zero-order valence-electron chi connectivity index (χ0n) is 21.2. The van der Waals surface area contributed by atoms with Crippen molar-refractivity contribution in [2.45, 2.75) is 26.2 Å². The Kier molecular flexibility index (Phi) is 9.26. The first kappa shape index (κ1) is 27.8. The minimum atomic E-state index is -1.36. The second-order valence-electron chi connectivity index (χ2n) is 9.31. The van der Waals surface area contributed by atoms with Crippen LogP contribution in [0.25, 0.3) is 0 Å². The molecule has 0 spiro atoms. The molecule has 2 bridgehead atoms.